The van der Waals surface area contributed by atoms with Crippen LogP contribution in [0.15, 0.2) is 134 Å². The minimum atomic E-state index is -1.95. The van der Waals surface area contributed by atoms with Gasteiger partial charge in [-0.25, -0.2) is 4.98 Å². The van der Waals surface area contributed by atoms with Crippen LogP contribution in [-0.2, 0) is 99.4 Å². The highest BCUT2D eigenvalue weighted by atomic mass is 32.1. The molecule has 39 heteroatoms. The van der Waals surface area contributed by atoms with Crippen molar-refractivity contribution < 1.29 is 72.2 Å². The molecule has 0 aliphatic carbocycles. The number of fused-ring (bicyclic) bond motifs is 2. The minimum absolute atomic E-state index is 0.0297. The number of nitrogens with zero attached hydrogens (tertiary/aromatic N) is 1. The first-order chi connectivity index (χ1) is 55.0. The van der Waals surface area contributed by atoms with Crippen LogP contribution in [0, 0.1) is 11.3 Å². The fourth-order valence-corrected chi connectivity index (χ4v) is 13.1. The Kier molecular flexibility index (Phi) is 35.8. The van der Waals surface area contributed by atoms with Gasteiger partial charge in [-0.3, -0.25) is 72.5 Å². The number of carbonyl (C=O) groups excluding carboxylic acids is 13. The fourth-order valence-electron chi connectivity index (χ4n) is 12.3. The number of aromatic amines is 3. The summed E-state index contributed by atoms with van der Waals surface area (Å²) in [6.07, 6.45) is 2.95. The molecule has 0 spiro atoms. The smallest absolute Gasteiger partial charge is 0.303 e. The Labute approximate surface area is 678 Å². The Hall–Kier alpha value is -12.0. The van der Waals surface area contributed by atoms with E-state index in [0.29, 0.717) is 44.2 Å². The lowest BCUT2D eigenvalue weighted by molar-refractivity contribution is -0.139. The number of para-hydroxylation sites is 2. The van der Waals surface area contributed by atoms with Crippen LogP contribution in [0.2, 0.25) is 0 Å². The fraction of sp³-hybridized carbons (Fsp3) is 0.395. The predicted octanol–water partition coefficient (Wildman–Crippen LogP) is -1.91. The molecule has 616 valence electrons. The van der Waals surface area contributed by atoms with Crippen LogP contribution in [0.5, 0.6) is 0 Å². The molecule has 7 rings (SSSR count). The van der Waals surface area contributed by atoms with E-state index in [9.17, 15) is 72.2 Å². The summed E-state index contributed by atoms with van der Waals surface area (Å²) in [6.45, 7) is 3.02. The summed E-state index contributed by atoms with van der Waals surface area (Å²) < 4.78 is 0. The monoisotopic (exact) mass is 1640 g/mol. The van der Waals surface area contributed by atoms with Gasteiger partial charge in [0.2, 0.25) is 76.8 Å². The number of benzene rings is 4. The molecule has 0 aliphatic heterocycles. The van der Waals surface area contributed by atoms with Crippen molar-refractivity contribution in [2.45, 2.75) is 151 Å². The summed E-state index contributed by atoms with van der Waals surface area (Å²) in [5.74, 6) is -15.3. The van der Waals surface area contributed by atoms with Crippen LogP contribution in [-0.4, -0.2) is 211 Å². The number of carbonyl (C=O) groups is 14. The van der Waals surface area contributed by atoms with Gasteiger partial charge in [0, 0.05) is 103 Å². The van der Waals surface area contributed by atoms with Gasteiger partial charge < -0.3 is 106 Å². The molecular formula is C76H99N21O15S3. The molecule has 3 heterocycles. The largest absolute Gasteiger partial charge is 0.481 e. The highest BCUT2D eigenvalue weighted by Crippen LogP contribution is 2.22. The van der Waals surface area contributed by atoms with Crippen LogP contribution in [0.25, 0.3) is 21.8 Å². The van der Waals surface area contributed by atoms with Crippen molar-refractivity contribution in [3.05, 3.63) is 162 Å². The molecule has 3 aromatic heterocycles. The van der Waals surface area contributed by atoms with E-state index in [1.807, 2.05) is 30.3 Å². The number of aliphatic carboxylic acids is 1. The third-order valence-corrected chi connectivity index (χ3v) is 19.3. The molecule has 0 unspecified atom stereocenters. The minimum Gasteiger partial charge on any atom is -0.481 e. The number of rotatable bonds is 48. The number of primary amides is 2. The average Bonchev–Trinajstić information content (AvgIpc) is 1.71. The van der Waals surface area contributed by atoms with Gasteiger partial charge in [-0.15, -0.1) is 0 Å². The van der Waals surface area contributed by atoms with Crippen molar-refractivity contribution in [3.8, 4) is 0 Å². The summed E-state index contributed by atoms with van der Waals surface area (Å²) in [7, 11) is 0. The lowest BCUT2D eigenvalue weighted by Crippen LogP contribution is -2.61. The molecule has 36 nitrogen and oxygen atoms in total. The van der Waals surface area contributed by atoms with Gasteiger partial charge in [0.05, 0.1) is 31.0 Å². The quantitative estimate of drug-likeness (QED) is 0.00856. The SMILES string of the molecule is CC(C)C[C@H](NC(=O)[C@H](Cc1c[nH]c2ccccc12)NC(=O)[C@H](Cc1c[nH]cn1)NC(=O)[C@H](CS)NCc1ccccc1)C(=O)N[C@@H](CCC(=O)O)C(=O)N[C@@H](CC(N)=O)C(=O)N[C@@H](CS)C(=O)N[C@@H](Cc1c[nH]c2ccccc12)C(=O)N[C@@H](CCCNC(=N)N)C(=O)NCC(=O)N[C@@H](Cc1ccccc1)C(=O)N[C@@H](CS)C(N)=O. The average molecular weight is 1640 g/mol. The van der Waals surface area contributed by atoms with E-state index in [4.69, 9.17) is 22.6 Å². The molecule has 115 heavy (non-hydrogen) atoms. The number of guanidine groups is 1. The molecule has 0 aliphatic rings. The number of carboxylic acid groups (broad SMARTS) is 1. The number of imidazole rings is 1. The van der Waals surface area contributed by atoms with Crippen LogP contribution >= 0.6 is 37.9 Å². The number of H-pyrrole nitrogens is 3. The Morgan fingerprint density at radius 3 is 1.40 bits per heavy atom. The summed E-state index contributed by atoms with van der Waals surface area (Å²) in [6, 6.07) is 15.7. The number of carboxylic acids is 1. The van der Waals surface area contributed by atoms with Crippen molar-refractivity contribution >= 4 is 148 Å². The summed E-state index contributed by atoms with van der Waals surface area (Å²) >= 11 is 12.8. The van der Waals surface area contributed by atoms with E-state index >= 15 is 0 Å². The van der Waals surface area contributed by atoms with Crippen molar-refractivity contribution in [1.29, 1.82) is 5.41 Å². The summed E-state index contributed by atoms with van der Waals surface area (Å²) in [4.78, 5) is 209. The van der Waals surface area contributed by atoms with E-state index < -0.39 is 187 Å². The van der Waals surface area contributed by atoms with Crippen LogP contribution in [0.1, 0.15) is 80.3 Å². The van der Waals surface area contributed by atoms with Gasteiger partial charge in [0.1, 0.15) is 60.4 Å². The molecule has 0 radical (unpaired) electrons. The Morgan fingerprint density at radius 1 is 0.461 bits per heavy atom. The molecule has 0 fully saturated rings. The Bertz CT molecular complexity index is 4510. The van der Waals surface area contributed by atoms with Gasteiger partial charge in [0.25, 0.3) is 0 Å². The van der Waals surface area contributed by atoms with Gasteiger partial charge in [-0.1, -0.05) is 111 Å². The summed E-state index contributed by atoms with van der Waals surface area (Å²) in [5, 5.41) is 52.9. The van der Waals surface area contributed by atoms with Gasteiger partial charge >= 0.3 is 5.97 Å². The van der Waals surface area contributed by atoms with E-state index in [1.165, 1.54) is 12.5 Å². The highest BCUT2D eigenvalue weighted by Gasteiger charge is 2.38. The first kappa shape index (κ1) is 90.2. The molecule has 11 atom stereocenters. The number of aromatic nitrogens is 4. The van der Waals surface area contributed by atoms with Gasteiger partial charge in [-0.05, 0) is 66.0 Å². The van der Waals surface area contributed by atoms with Crippen molar-refractivity contribution in [1.82, 2.24) is 89.1 Å². The van der Waals surface area contributed by atoms with Crippen LogP contribution < -0.4 is 86.3 Å². The molecule has 0 saturated carbocycles. The maximum atomic E-state index is 15.0. The molecular weight excluding hydrogens is 1540 g/mol. The second kappa shape index (κ2) is 45.7. The van der Waals surface area contributed by atoms with Gasteiger partial charge in [0.15, 0.2) is 5.96 Å². The van der Waals surface area contributed by atoms with E-state index in [0.717, 1.165) is 5.56 Å². The van der Waals surface area contributed by atoms with Crippen molar-refractivity contribution in [2.75, 3.05) is 30.3 Å². The number of amides is 13. The van der Waals surface area contributed by atoms with E-state index in [1.54, 1.807) is 105 Å². The zero-order chi connectivity index (χ0) is 83.7. The predicted molar refractivity (Wildman–Crippen MR) is 436 cm³/mol. The zero-order valence-corrected chi connectivity index (χ0v) is 65.8. The normalized spacial score (nSPS) is 14.0. The highest BCUT2D eigenvalue weighted by molar-refractivity contribution is 7.80. The lowest BCUT2D eigenvalue weighted by Gasteiger charge is -2.28. The third kappa shape index (κ3) is 29.2. The molecule has 7 aromatic rings. The molecule has 0 bridgehead atoms. The zero-order valence-electron chi connectivity index (χ0n) is 63.1. The molecule has 13 amide bonds. The molecule has 4 aromatic carbocycles. The maximum absolute atomic E-state index is 15.0. The van der Waals surface area contributed by atoms with E-state index in [-0.39, 0.29) is 75.5 Å². The van der Waals surface area contributed by atoms with Gasteiger partial charge in [-0.2, -0.15) is 37.9 Å². The first-order valence-corrected chi connectivity index (χ1v) is 38.8. The Balaban J connectivity index is 1.09. The number of nitrogens with one attached hydrogen (secondary N) is 17. The first-order valence-electron chi connectivity index (χ1n) is 36.9. The number of nitrogens with two attached hydrogens (primary N) is 3. The van der Waals surface area contributed by atoms with Crippen LogP contribution in [0.4, 0.5) is 0 Å². The lowest BCUT2D eigenvalue weighted by atomic mass is 9.99. The second-order valence-corrected chi connectivity index (χ2v) is 28.6. The van der Waals surface area contributed by atoms with Crippen LogP contribution in [0.3, 0.4) is 0 Å². The summed E-state index contributed by atoms with van der Waals surface area (Å²) in [5.41, 5.74) is 20.9. The maximum Gasteiger partial charge on any atom is 0.303 e. The topological polar surface area (TPSA) is 578 Å². The second-order valence-electron chi connectivity index (χ2n) is 27.6. The molecule has 0 saturated heterocycles. The number of hydrogen-bond acceptors (Lipinski definition) is 20. The van der Waals surface area contributed by atoms with E-state index in [2.05, 4.69) is 127 Å². The third-order valence-electron chi connectivity index (χ3n) is 18.3. The number of hydrogen-bond donors (Lipinski definition) is 24. The molecule has 24 N–H and O–H groups in total. The Morgan fingerprint density at radius 2 is 0.896 bits per heavy atom. The number of thiol groups is 3. The van der Waals surface area contributed by atoms with Crippen molar-refractivity contribution in [2.24, 2.45) is 23.1 Å². The van der Waals surface area contributed by atoms with Crippen molar-refractivity contribution in [3.63, 3.8) is 0 Å². The standard InChI is InChI=1S/C76H99N21O15S3/c1-41(2)26-53(91-71(108)56(29-45-34-85-50-21-12-10-19-48(45)50)92-72(109)57(30-46-35-81-40-87-46)94-74(111)60(38-114)83-32-43-16-7-4-8-17-43)68(105)90-52(23-24-64(100)101)67(104)95-58(31-62(77)98)73(110)97-61(39-115)75(112)93-55(28-44-33-84-49-20-11-9-18-47(44)49)70(107)89-51(22-13-25-82-76(79)80)66(103)86-36-63(99)88-54(27-42-14-5-3-6-15-42)69(106)96-59(37-113)65(78)102/h3-12,14-21,33-35,40-41,51-61,83-85,113-115H,13,22-32,36-39H2,1-2H3,(H2,77,98)(H2,78,102)(H,81,87)(H,86,103)(H,88,99)(H,89,107)(H,90,105)(H,91,108)(H,92,109)(H,93,112)(H,94,111)(H,95,104)(H,96,106)(H,97,110)(H,100,101)(H4,79,80,82)/t51-,52-,53-,54-,55-,56-,57-,58-,59-,60-,61-/m0/s1.